The van der Waals surface area contributed by atoms with Crippen molar-refractivity contribution in [3.05, 3.63) is 35.4 Å². The van der Waals surface area contributed by atoms with Gasteiger partial charge in [0.15, 0.2) is 0 Å². The molecule has 0 N–H and O–H groups in total. The van der Waals surface area contributed by atoms with Crippen LogP contribution in [0.4, 0.5) is 0 Å². The van der Waals surface area contributed by atoms with E-state index in [0.717, 1.165) is 46.1 Å². The first kappa shape index (κ1) is 18.8. The van der Waals surface area contributed by atoms with E-state index in [9.17, 15) is 0 Å². The minimum Gasteiger partial charge on any atom is -0.380 e. The molecule has 0 unspecified atom stereocenters. The summed E-state index contributed by atoms with van der Waals surface area (Å²) in [7, 11) is 0. The largest absolute Gasteiger partial charge is 0.380 e. The van der Waals surface area contributed by atoms with Crippen LogP contribution in [-0.2, 0) is 32.2 Å². The maximum atomic E-state index is 5.96. The molecule has 0 saturated carbocycles. The van der Waals surface area contributed by atoms with Crippen molar-refractivity contribution in [2.45, 2.75) is 46.3 Å². The Morgan fingerprint density at radius 3 is 1.64 bits per heavy atom. The van der Waals surface area contributed by atoms with Crippen LogP contribution in [0.25, 0.3) is 0 Å². The highest BCUT2D eigenvalue weighted by molar-refractivity contribution is 5.21. The second-order valence-electron chi connectivity index (χ2n) is 7.89. The first-order valence-electron chi connectivity index (χ1n) is 9.58. The summed E-state index contributed by atoms with van der Waals surface area (Å²) in [6.45, 7) is 10.7. The zero-order chi connectivity index (χ0) is 17.6. The average Bonchev–Trinajstić information content (AvgIpc) is 2.56. The van der Waals surface area contributed by atoms with E-state index < -0.39 is 0 Å². The van der Waals surface area contributed by atoms with Gasteiger partial charge in [-0.25, -0.2) is 0 Å². The molecule has 0 aromatic heterocycles. The molecular formula is C21H32O4. The number of hydrogen-bond donors (Lipinski definition) is 0. The Morgan fingerprint density at radius 2 is 1.28 bits per heavy atom. The van der Waals surface area contributed by atoms with Crippen LogP contribution in [0.3, 0.4) is 0 Å². The van der Waals surface area contributed by atoms with Crippen LogP contribution in [0.2, 0.25) is 0 Å². The molecule has 0 spiro atoms. The highest BCUT2D eigenvalue weighted by Gasteiger charge is 2.38. The van der Waals surface area contributed by atoms with Gasteiger partial charge in [0, 0.05) is 10.8 Å². The average molecular weight is 348 g/mol. The molecule has 2 heterocycles. The van der Waals surface area contributed by atoms with E-state index in [2.05, 4.69) is 38.1 Å². The first-order valence-corrected chi connectivity index (χ1v) is 9.58. The van der Waals surface area contributed by atoms with E-state index >= 15 is 0 Å². The first-order chi connectivity index (χ1) is 12.2. The zero-order valence-corrected chi connectivity index (χ0v) is 15.7. The highest BCUT2D eigenvalue weighted by atomic mass is 16.5. The van der Waals surface area contributed by atoms with Gasteiger partial charge >= 0.3 is 0 Å². The lowest BCUT2D eigenvalue weighted by molar-refractivity contribution is -0.155. The van der Waals surface area contributed by atoms with Crippen LogP contribution in [0.5, 0.6) is 0 Å². The molecule has 0 radical (unpaired) electrons. The lowest BCUT2D eigenvalue weighted by Gasteiger charge is -2.41. The van der Waals surface area contributed by atoms with Gasteiger partial charge in [-0.15, -0.1) is 0 Å². The van der Waals surface area contributed by atoms with Gasteiger partial charge in [0.1, 0.15) is 0 Å². The normalized spacial score (nSPS) is 20.7. The Kier molecular flexibility index (Phi) is 6.50. The van der Waals surface area contributed by atoms with Gasteiger partial charge < -0.3 is 18.9 Å². The summed E-state index contributed by atoms with van der Waals surface area (Å²) in [4.78, 5) is 0. The SMILES string of the molecule is CCCC1(COCc2ccc(COCC3(CC)COC3)cc2)COC1. The molecule has 0 bridgehead atoms. The van der Waals surface area contributed by atoms with E-state index in [1.807, 2.05) is 0 Å². The summed E-state index contributed by atoms with van der Waals surface area (Å²) in [5.74, 6) is 0. The Bertz CT molecular complexity index is 512. The molecule has 2 aliphatic rings. The van der Waals surface area contributed by atoms with Crippen LogP contribution in [0.1, 0.15) is 44.2 Å². The second-order valence-corrected chi connectivity index (χ2v) is 7.89. The predicted octanol–water partition coefficient (Wildman–Crippen LogP) is 3.96. The monoisotopic (exact) mass is 348 g/mol. The van der Waals surface area contributed by atoms with Gasteiger partial charge in [-0.3, -0.25) is 0 Å². The summed E-state index contributed by atoms with van der Waals surface area (Å²) in [6.07, 6.45) is 3.49. The maximum Gasteiger partial charge on any atom is 0.0717 e. The maximum absolute atomic E-state index is 5.96. The summed E-state index contributed by atoms with van der Waals surface area (Å²) in [5, 5.41) is 0. The lowest BCUT2D eigenvalue weighted by atomic mass is 9.82. The smallest absolute Gasteiger partial charge is 0.0717 e. The van der Waals surface area contributed by atoms with Crippen molar-refractivity contribution < 1.29 is 18.9 Å². The fourth-order valence-electron chi connectivity index (χ4n) is 3.50. The Hall–Kier alpha value is -0.940. The molecule has 2 saturated heterocycles. The Morgan fingerprint density at radius 1 is 0.800 bits per heavy atom. The molecule has 0 atom stereocenters. The third-order valence-electron chi connectivity index (χ3n) is 5.54. The fraction of sp³-hybridized carbons (Fsp3) is 0.714. The van der Waals surface area contributed by atoms with E-state index in [0.29, 0.717) is 13.2 Å². The molecule has 2 fully saturated rings. The van der Waals surface area contributed by atoms with Gasteiger partial charge in [0.05, 0.1) is 52.9 Å². The Balaban J connectivity index is 1.37. The molecule has 140 valence electrons. The number of hydrogen-bond acceptors (Lipinski definition) is 4. The van der Waals surface area contributed by atoms with E-state index in [4.69, 9.17) is 18.9 Å². The molecule has 4 heteroatoms. The van der Waals surface area contributed by atoms with Crippen LogP contribution in [0.15, 0.2) is 24.3 Å². The molecule has 2 aliphatic heterocycles. The summed E-state index contributed by atoms with van der Waals surface area (Å²) in [5.41, 5.74) is 2.95. The van der Waals surface area contributed by atoms with Crippen molar-refractivity contribution in [2.75, 3.05) is 39.6 Å². The van der Waals surface area contributed by atoms with Gasteiger partial charge in [-0.1, -0.05) is 44.5 Å². The van der Waals surface area contributed by atoms with Crippen LogP contribution >= 0.6 is 0 Å². The fourth-order valence-corrected chi connectivity index (χ4v) is 3.50. The van der Waals surface area contributed by atoms with Gasteiger partial charge in [0.25, 0.3) is 0 Å². The summed E-state index contributed by atoms with van der Waals surface area (Å²) in [6, 6.07) is 8.57. The topological polar surface area (TPSA) is 36.9 Å². The minimum absolute atomic E-state index is 0.257. The molecular weight excluding hydrogens is 316 g/mol. The molecule has 1 aromatic carbocycles. The van der Waals surface area contributed by atoms with Crippen molar-refractivity contribution in [1.82, 2.24) is 0 Å². The van der Waals surface area contributed by atoms with Gasteiger partial charge in [0.2, 0.25) is 0 Å². The lowest BCUT2D eigenvalue weighted by Crippen LogP contribution is -2.46. The standard InChI is InChI=1S/C21H32O4/c1-3-9-21(16-25-17-21)15-23-11-19-7-5-18(6-8-19)10-22-12-20(4-2)13-24-14-20/h5-8H,3-4,9-17H2,1-2H3. The van der Waals surface area contributed by atoms with Gasteiger partial charge in [-0.2, -0.15) is 0 Å². The van der Waals surface area contributed by atoms with Crippen LogP contribution in [-0.4, -0.2) is 39.6 Å². The molecule has 25 heavy (non-hydrogen) atoms. The van der Waals surface area contributed by atoms with Crippen LogP contribution in [0, 0.1) is 10.8 Å². The number of ether oxygens (including phenoxy) is 4. The van der Waals surface area contributed by atoms with E-state index in [1.165, 1.54) is 24.0 Å². The van der Waals surface area contributed by atoms with Crippen LogP contribution < -0.4 is 0 Å². The predicted molar refractivity (Wildman–Crippen MR) is 97.5 cm³/mol. The van der Waals surface area contributed by atoms with Crippen molar-refractivity contribution in [3.63, 3.8) is 0 Å². The van der Waals surface area contributed by atoms with E-state index in [1.54, 1.807) is 0 Å². The third-order valence-corrected chi connectivity index (χ3v) is 5.54. The number of benzene rings is 1. The van der Waals surface area contributed by atoms with Crippen molar-refractivity contribution in [2.24, 2.45) is 10.8 Å². The quantitative estimate of drug-likeness (QED) is 0.606. The summed E-state index contributed by atoms with van der Waals surface area (Å²) < 4.78 is 22.6. The molecule has 0 aliphatic carbocycles. The zero-order valence-electron chi connectivity index (χ0n) is 15.7. The third kappa shape index (κ3) is 4.82. The minimum atomic E-state index is 0.257. The highest BCUT2D eigenvalue weighted by Crippen LogP contribution is 2.33. The van der Waals surface area contributed by atoms with Crippen molar-refractivity contribution >= 4 is 0 Å². The van der Waals surface area contributed by atoms with Gasteiger partial charge in [-0.05, 0) is 24.0 Å². The number of rotatable bonds is 11. The molecule has 0 amide bonds. The summed E-state index contributed by atoms with van der Waals surface area (Å²) >= 11 is 0. The van der Waals surface area contributed by atoms with E-state index in [-0.39, 0.29) is 10.8 Å². The molecule has 1 aromatic rings. The Labute approximate surface area is 151 Å². The molecule has 3 rings (SSSR count). The second kappa shape index (κ2) is 8.63. The van der Waals surface area contributed by atoms with Crippen molar-refractivity contribution in [3.8, 4) is 0 Å². The van der Waals surface area contributed by atoms with Crippen molar-refractivity contribution in [1.29, 1.82) is 0 Å². The molecule has 4 nitrogen and oxygen atoms in total.